The summed E-state index contributed by atoms with van der Waals surface area (Å²) < 4.78 is 28.6. The molecule has 3 aromatic rings. The summed E-state index contributed by atoms with van der Waals surface area (Å²) in [6.07, 6.45) is 4.94. The average molecular weight is 482 g/mol. The van der Waals surface area contributed by atoms with E-state index in [1.54, 1.807) is 54.6 Å². The normalized spacial score (nSPS) is 21.1. The number of rotatable bonds is 5. The fraction of sp³-hybridized carbons (Fsp3) is 0.167. The molecule has 0 saturated heterocycles. The lowest BCUT2D eigenvalue weighted by atomic mass is 9.77. The van der Waals surface area contributed by atoms with Crippen LogP contribution in [0.25, 0.3) is 0 Å². The Balaban J connectivity index is 1.50. The van der Waals surface area contributed by atoms with Crippen molar-refractivity contribution >= 4 is 38.7 Å². The Bertz CT molecular complexity index is 1380. The lowest BCUT2D eigenvalue weighted by Crippen LogP contribution is -2.29. The second-order valence-electron chi connectivity index (χ2n) is 8.16. The highest BCUT2D eigenvalue weighted by Gasteiger charge is 2.39. The highest BCUT2D eigenvalue weighted by atomic mass is 35.5. The van der Waals surface area contributed by atoms with E-state index in [1.807, 2.05) is 6.07 Å². The van der Waals surface area contributed by atoms with Crippen molar-refractivity contribution in [2.45, 2.75) is 23.3 Å². The van der Waals surface area contributed by atoms with Gasteiger partial charge in [0, 0.05) is 23.4 Å². The molecule has 1 aliphatic heterocycles. The zero-order valence-corrected chi connectivity index (χ0v) is 18.9. The molecule has 3 atom stereocenters. The van der Waals surface area contributed by atoms with E-state index in [2.05, 4.69) is 22.2 Å². The monoisotopic (exact) mass is 481 g/mol. The Kier molecular flexibility index (Phi) is 5.34. The van der Waals surface area contributed by atoms with Gasteiger partial charge in [-0.15, -0.1) is 0 Å². The van der Waals surface area contributed by atoms with Crippen molar-refractivity contribution in [3.8, 4) is 0 Å². The number of nitro benzene ring substituents is 1. The van der Waals surface area contributed by atoms with Crippen molar-refractivity contribution in [3.63, 3.8) is 0 Å². The number of nitrogens with zero attached hydrogens (tertiary/aromatic N) is 1. The molecule has 1 aliphatic carbocycles. The molecule has 1 heterocycles. The van der Waals surface area contributed by atoms with Crippen LogP contribution >= 0.6 is 11.6 Å². The van der Waals surface area contributed by atoms with Crippen LogP contribution in [0.3, 0.4) is 0 Å². The highest BCUT2D eigenvalue weighted by molar-refractivity contribution is 7.92. The van der Waals surface area contributed by atoms with Gasteiger partial charge in [0.2, 0.25) is 0 Å². The van der Waals surface area contributed by atoms with Crippen LogP contribution in [0.4, 0.5) is 17.1 Å². The molecular weight excluding hydrogens is 462 g/mol. The van der Waals surface area contributed by atoms with Crippen LogP contribution in [0.2, 0.25) is 5.02 Å². The van der Waals surface area contributed by atoms with E-state index in [0.29, 0.717) is 5.69 Å². The lowest BCUT2D eigenvalue weighted by molar-refractivity contribution is -0.384. The van der Waals surface area contributed by atoms with Crippen LogP contribution in [0.1, 0.15) is 29.5 Å². The lowest BCUT2D eigenvalue weighted by Gasteiger charge is -2.37. The van der Waals surface area contributed by atoms with Crippen LogP contribution in [-0.4, -0.2) is 13.3 Å². The first kappa shape index (κ1) is 21.5. The molecule has 0 fully saturated rings. The van der Waals surface area contributed by atoms with Gasteiger partial charge in [0.15, 0.2) is 0 Å². The summed E-state index contributed by atoms with van der Waals surface area (Å²) in [7, 11) is -3.75. The molecule has 0 amide bonds. The molecule has 0 aromatic heterocycles. The van der Waals surface area contributed by atoms with E-state index in [9.17, 15) is 18.5 Å². The molecule has 168 valence electrons. The van der Waals surface area contributed by atoms with Crippen LogP contribution in [0.5, 0.6) is 0 Å². The highest BCUT2D eigenvalue weighted by Crippen LogP contribution is 2.50. The fourth-order valence-electron chi connectivity index (χ4n) is 4.65. The summed E-state index contributed by atoms with van der Waals surface area (Å²) in [5.41, 5.74) is 2.85. The van der Waals surface area contributed by atoms with Crippen molar-refractivity contribution in [2.24, 2.45) is 5.92 Å². The minimum atomic E-state index is -3.75. The first-order valence-electron chi connectivity index (χ1n) is 10.4. The van der Waals surface area contributed by atoms with Gasteiger partial charge in [-0.2, -0.15) is 0 Å². The Morgan fingerprint density at radius 1 is 1.06 bits per heavy atom. The zero-order valence-electron chi connectivity index (χ0n) is 17.3. The molecule has 3 aromatic carbocycles. The second-order valence-corrected chi connectivity index (χ2v) is 10.3. The molecule has 5 rings (SSSR count). The fourth-order valence-corrected chi connectivity index (χ4v) is 5.93. The zero-order chi connectivity index (χ0) is 23.2. The average Bonchev–Trinajstić information content (AvgIpc) is 3.29. The van der Waals surface area contributed by atoms with Crippen molar-refractivity contribution in [1.29, 1.82) is 0 Å². The minimum absolute atomic E-state index is 0.00661. The van der Waals surface area contributed by atoms with Crippen molar-refractivity contribution in [1.82, 2.24) is 0 Å². The van der Waals surface area contributed by atoms with E-state index < -0.39 is 14.9 Å². The summed E-state index contributed by atoms with van der Waals surface area (Å²) in [6, 6.07) is 18.5. The molecular formula is C24H20ClN3O4S. The van der Waals surface area contributed by atoms with Crippen molar-refractivity contribution in [2.75, 3.05) is 10.0 Å². The maximum Gasteiger partial charge on any atom is 0.288 e. The molecule has 2 aliphatic rings. The summed E-state index contributed by atoms with van der Waals surface area (Å²) >= 11 is 6.00. The summed E-state index contributed by atoms with van der Waals surface area (Å²) in [6.45, 7) is 0. The van der Waals surface area contributed by atoms with E-state index >= 15 is 0 Å². The van der Waals surface area contributed by atoms with Gasteiger partial charge in [-0.05, 0) is 59.9 Å². The number of allylic oxidation sites excluding steroid dienone is 2. The molecule has 0 saturated carbocycles. The van der Waals surface area contributed by atoms with Crippen molar-refractivity contribution < 1.29 is 13.3 Å². The number of hydrogen-bond donors (Lipinski definition) is 2. The van der Waals surface area contributed by atoms with Gasteiger partial charge in [0.1, 0.15) is 5.02 Å². The first-order valence-corrected chi connectivity index (χ1v) is 12.3. The van der Waals surface area contributed by atoms with E-state index in [4.69, 9.17) is 11.6 Å². The standard InChI is InChI=1S/C24H20ClN3O4S/c25-21-11-9-15(13-23(21)28(29)30)24-19-8-4-7-18(19)20-14-17(10-12-22(20)26-24)33(31,32)27-16-5-2-1-3-6-16/h1-7,9-14,18-19,24,26-27H,8H2. The van der Waals surface area contributed by atoms with Gasteiger partial charge >= 0.3 is 0 Å². The van der Waals surface area contributed by atoms with Gasteiger partial charge in [-0.25, -0.2) is 8.42 Å². The molecule has 33 heavy (non-hydrogen) atoms. The molecule has 9 heteroatoms. The van der Waals surface area contributed by atoms with Crippen LogP contribution in [-0.2, 0) is 10.0 Å². The number of halogens is 1. The number of nitro groups is 1. The Morgan fingerprint density at radius 2 is 1.85 bits per heavy atom. The summed E-state index contributed by atoms with van der Waals surface area (Å²) in [5, 5.41) is 14.9. The molecule has 2 N–H and O–H groups in total. The third kappa shape index (κ3) is 3.96. The van der Waals surface area contributed by atoms with Gasteiger partial charge < -0.3 is 5.32 Å². The molecule has 0 spiro atoms. The van der Waals surface area contributed by atoms with Crippen LogP contribution < -0.4 is 10.0 Å². The number of nitrogens with one attached hydrogen (secondary N) is 2. The third-order valence-corrected chi connectivity index (χ3v) is 7.90. The number of hydrogen-bond acceptors (Lipinski definition) is 5. The molecule has 0 radical (unpaired) electrons. The summed E-state index contributed by atoms with van der Waals surface area (Å²) in [4.78, 5) is 11.1. The van der Waals surface area contributed by atoms with Gasteiger partial charge in [0.25, 0.3) is 15.7 Å². The Labute approximate surface area is 196 Å². The SMILES string of the molecule is O=[N+]([O-])c1cc(C2Nc3ccc(S(=O)(=O)Nc4ccccc4)cc3C3C=CCC32)ccc1Cl. The number of anilines is 2. The largest absolute Gasteiger partial charge is 0.378 e. The number of benzene rings is 3. The maximum absolute atomic E-state index is 13.0. The summed E-state index contributed by atoms with van der Waals surface area (Å²) in [5.74, 6) is 0.0891. The van der Waals surface area contributed by atoms with Crippen molar-refractivity contribution in [3.05, 3.63) is 105 Å². The van der Waals surface area contributed by atoms with E-state index in [1.165, 1.54) is 6.07 Å². The second kappa shape index (κ2) is 8.20. The van der Waals surface area contributed by atoms with Crippen LogP contribution in [0.15, 0.2) is 83.8 Å². The number of para-hydroxylation sites is 1. The number of sulfonamides is 1. The van der Waals surface area contributed by atoms with E-state index in [-0.39, 0.29) is 33.5 Å². The third-order valence-electron chi connectivity index (χ3n) is 6.20. The maximum atomic E-state index is 13.0. The Morgan fingerprint density at radius 3 is 2.61 bits per heavy atom. The topological polar surface area (TPSA) is 101 Å². The smallest absolute Gasteiger partial charge is 0.288 e. The molecule has 0 bridgehead atoms. The van der Waals surface area contributed by atoms with Gasteiger partial charge in [-0.1, -0.05) is 48.0 Å². The predicted molar refractivity (Wildman–Crippen MR) is 128 cm³/mol. The Hall–Kier alpha value is -3.36. The number of fused-ring (bicyclic) bond motifs is 3. The van der Waals surface area contributed by atoms with E-state index in [0.717, 1.165) is 23.2 Å². The molecule has 7 nitrogen and oxygen atoms in total. The van der Waals surface area contributed by atoms with Crippen LogP contribution in [0, 0.1) is 16.0 Å². The first-order chi connectivity index (χ1) is 15.8. The van der Waals surface area contributed by atoms with Gasteiger partial charge in [0.05, 0.1) is 15.9 Å². The predicted octanol–water partition coefficient (Wildman–Crippen LogP) is 5.88. The van der Waals surface area contributed by atoms with Gasteiger partial charge in [-0.3, -0.25) is 14.8 Å². The minimum Gasteiger partial charge on any atom is -0.378 e. The quantitative estimate of drug-likeness (QED) is 0.269. The molecule has 3 unspecified atom stereocenters.